The Morgan fingerprint density at radius 1 is 1.21 bits per heavy atom. The summed E-state index contributed by atoms with van der Waals surface area (Å²) in [6, 6.07) is 14.9. The molecule has 0 aliphatic carbocycles. The van der Waals surface area contributed by atoms with Gasteiger partial charge in [-0.05, 0) is 19.1 Å². The van der Waals surface area contributed by atoms with Crippen LogP contribution in [0.5, 0.6) is 0 Å². The van der Waals surface area contributed by atoms with Gasteiger partial charge in [0, 0.05) is 24.6 Å². The summed E-state index contributed by atoms with van der Waals surface area (Å²) >= 11 is 0. The molecule has 2 amide bonds. The average Bonchev–Trinajstić information content (AvgIpc) is 3.30. The first-order valence-corrected chi connectivity index (χ1v) is 8.91. The third-order valence-corrected chi connectivity index (χ3v) is 4.68. The number of aromatic nitrogens is 1. The molecule has 1 aliphatic heterocycles. The van der Waals surface area contributed by atoms with E-state index in [2.05, 4.69) is 10.5 Å². The molecule has 1 fully saturated rings. The Labute approximate surface area is 160 Å². The highest BCUT2D eigenvalue weighted by Gasteiger charge is 2.33. The Hall–Kier alpha value is -3.48. The van der Waals surface area contributed by atoms with Crippen LogP contribution in [0, 0.1) is 12.7 Å². The van der Waals surface area contributed by atoms with Gasteiger partial charge in [0.25, 0.3) is 5.91 Å². The van der Waals surface area contributed by atoms with E-state index < -0.39 is 17.8 Å². The number of anilines is 1. The molecular formula is C21H18FN3O3. The second-order valence-corrected chi connectivity index (χ2v) is 6.77. The molecule has 2 heterocycles. The fourth-order valence-electron chi connectivity index (χ4n) is 3.20. The van der Waals surface area contributed by atoms with Crippen LogP contribution in [0.25, 0.3) is 11.3 Å². The van der Waals surface area contributed by atoms with Gasteiger partial charge in [-0.2, -0.15) is 0 Å². The van der Waals surface area contributed by atoms with Crippen LogP contribution in [-0.2, 0) is 4.79 Å². The van der Waals surface area contributed by atoms with E-state index in [4.69, 9.17) is 4.52 Å². The number of carbonyl (C=O) groups is 2. The first-order valence-electron chi connectivity index (χ1n) is 8.91. The largest absolute Gasteiger partial charge is 0.355 e. The van der Waals surface area contributed by atoms with Crippen LogP contribution in [-0.4, -0.2) is 29.6 Å². The van der Waals surface area contributed by atoms with E-state index in [1.807, 2.05) is 31.2 Å². The van der Waals surface area contributed by atoms with Crippen LogP contribution < -0.4 is 10.2 Å². The zero-order valence-corrected chi connectivity index (χ0v) is 15.2. The lowest BCUT2D eigenvalue weighted by Gasteiger charge is -2.17. The molecule has 1 N–H and O–H groups in total. The molecule has 7 heteroatoms. The van der Waals surface area contributed by atoms with Crippen molar-refractivity contribution in [2.24, 2.45) is 0 Å². The molecule has 0 bridgehead atoms. The van der Waals surface area contributed by atoms with E-state index in [9.17, 15) is 14.0 Å². The maximum atomic E-state index is 14.0. The summed E-state index contributed by atoms with van der Waals surface area (Å²) in [7, 11) is 0. The summed E-state index contributed by atoms with van der Waals surface area (Å²) in [5.41, 5.74) is 2.28. The topological polar surface area (TPSA) is 75.4 Å². The van der Waals surface area contributed by atoms with Gasteiger partial charge in [-0.1, -0.05) is 47.1 Å². The van der Waals surface area contributed by atoms with E-state index in [1.165, 1.54) is 11.0 Å². The van der Waals surface area contributed by atoms with Crippen molar-refractivity contribution < 1.29 is 18.5 Å². The highest BCUT2D eigenvalue weighted by molar-refractivity contribution is 5.98. The number of rotatable bonds is 4. The van der Waals surface area contributed by atoms with Crippen molar-refractivity contribution in [3.63, 3.8) is 0 Å². The molecule has 142 valence electrons. The minimum Gasteiger partial charge on any atom is -0.355 e. The maximum Gasteiger partial charge on any atom is 0.273 e. The number of amides is 2. The van der Waals surface area contributed by atoms with Crippen molar-refractivity contribution in [1.82, 2.24) is 10.5 Å². The van der Waals surface area contributed by atoms with Gasteiger partial charge in [-0.25, -0.2) is 4.39 Å². The van der Waals surface area contributed by atoms with E-state index >= 15 is 0 Å². The summed E-state index contributed by atoms with van der Waals surface area (Å²) in [4.78, 5) is 26.1. The molecular weight excluding hydrogens is 361 g/mol. The molecule has 1 atom stereocenters. The van der Waals surface area contributed by atoms with Crippen LogP contribution in [0.3, 0.4) is 0 Å². The Morgan fingerprint density at radius 3 is 2.71 bits per heavy atom. The number of halogens is 1. The number of carbonyl (C=O) groups excluding carboxylic acids is 2. The van der Waals surface area contributed by atoms with Gasteiger partial charge < -0.3 is 14.7 Å². The number of nitrogens with one attached hydrogen (secondary N) is 1. The van der Waals surface area contributed by atoms with Gasteiger partial charge in [0.15, 0.2) is 11.5 Å². The molecule has 2 aromatic carbocycles. The van der Waals surface area contributed by atoms with Gasteiger partial charge in [0.05, 0.1) is 11.7 Å². The molecule has 3 aromatic rings. The minimum atomic E-state index is -0.470. The van der Waals surface area contributed by atoms with Gasteiger partial charge in [-0.3, -0.25) is 9.59 Å². The first-order chi connectivity index (χ1) is 13.5. The predicted octanol–water partition coefficient (Wildman–Crippen LogP) is 3.32. The highest BCUT2D eigenvalue weighted by atomic mass is 19.1. The predicted molar refractivity (Wildman–Crippen MR) is 101 cm³/mol. The summed E-state index contributed by atoms with van der Waals surface area (Å²) in [5.74, 6) is -0.658. The Kier molecular flexibility index (Phi) is 4.65. The molecule has 6 nitrogen and oxygen atoms in total. The van der Waals surface area contributed by atoms with E-state index in [-0.39, 0.29) is 30.3 Å². The smallest absolute Gasteiger partial charge is 0.273 e. The van der Waals surface area contributed by atoms with Crippen LogP contribution in [0.2, 0.25) is 0 Å². The number of hydrogen-bond acceptors (Lipinski definition) is 4. The molecule has 1 aromatic heterocycles. The second-order valence-electron chi connectivity index (χ2n) is 6.77. The quantitative estimate of drug-likeness (QED) is 0.755. The first kappa shape index (κ1) is 17.9. The zero-order chi connectivity index (χ0) is 19.7. The van der Waals surface area contributed by atoms with Crippen molar-refractivity contribution in [3.05, 3.63) is 71.7 Å². The average molecular weight is 379 g/mol. The zero-order valence-electron chi connectivity index (χ0n) is 15.2. The lowest BCUT2D eigenvalue weighted by atomic mass is 10.1. The Bertz CT molecular complexity index is 1030. The van der Waals surface area contributed by atoms with Gasteiger partial charge >= 0.3 is 0 Å². The summed E-state index contributed by atoms with van der Waals surface area (Å²) in [6.07, 6.45) is 0.0999. The lowest BCUT2D eigenvalue weighted by Crippen LogP contribution is -2.37. The molecule has 28 heavy (non-hydrogen) atoms. The van der Waals surface area contributed by atoms with Crippen LogP contribution >= 0.6 is 0 Å². The minimum absolute atomic E-state index is 0.0999. The second kappa shape index (κ2) is 7.26. The number of para-hydroxylation sites is 1. The van der Waals surface area contributed by atoms with Crippen molar-refractivity contribution in [1.29, 1.82) is 0 Å². The standard InChI is InChI=1S/C21H18FN3O3/c1-13-6-8-14(9-7-13)19-11-17(24-28-19)21(27)23-15-10-20(26)25(12-15)18-5-3-2-4-16(18)22/h2-9,11,15H,10,12H2,1H3,(H,23,27). The normalized spacial score (nSPS) is 16.4. The highest BCUT2D eigenvalue weighted by Crippen LogP contribution is 2.25. The third kappa shape index (κ3) is 3.51. The molecule has 1 unspecified atom stereocenters. The van der Waals surface area contributed by atoms with Crippen LogP contribution in [0.4, 0.5) is 10.1 Å². The van der Waals surface area contributed by atoms with Gasteiger partial charge in [0.1, 0.15) is 5.82 Å². The Morgan fingerprint density at radius 2 is 1.96 bits per heavy atom. The van der Waals surface area contributed by atoms with Gasteiger partial charge in [0.2, 0.25) is 5.91 Å². The summed E-state index contributed by atoms with van der Waals surface area (Å²) in [6.45, 7) is 2.19. The SMILES string of the molecule is Cc1ccc(-c2cc(C(=O)NC3CC(=O)N(c4ccccc4F)C3)no2)cc1. The van der Waals surface area contributed by atoms with Crippen LogP contribution in [0.1, 0.15) is 22.5 Å². The number of hydrogen-bond donors (Lipinski definition) is 1. The molecule has 4 rings (SSSR count). The molecule has 1 aliphatic rings. The number of benzene rings is 2. The van der Waals surface area contributed by atoms with Crippen molar-refractivity contribution >= 4 is 17.5 Å². The van der Waals surface area contributed by atoms with Crippen molar-refractivity contribution in [2.75, 3.05) is 11.4 Å². The lowest BCUT2D eigenvalue weighted by molar-refractivity contribution is -0.117. The van der Waals surface area contributed by atoms with E-state index in [1.54, 1.807) is 24.3 Å². The van der Waals surface area contributed by atoms with Crippen molar-refractivity contribution in [3.8, 4) is 11.3 Å². The third-order valence-electron chi connectivity index (χ3n) is 4.68. The van der Waals surface area contributed by atoms with Crippen LogP contribution in [0.15, 0.2) is 59.1 Å². The summed E-state index contributed by atoms with van der Waals surface area (Å²) in [5, 5.41) is 6.59. The Balaban J connectivity index is 1.44. The fourth-order valence-corrected chi connectivity index (χ4v) is 3.20. The van der Waals surface area contributed by atoms with E-state index in [0.29, 0.717) is 5.76 Å². The van der Waals surface area contributed by atoms with Gasteiger partial charge in [-0.15, -0.1) is 0 Å². The molecule has 1 saturated heterocycles. The molecule has 0 saturated carbocycles. The fraction of sp³-hybridized carbons (Fsp3) is 0.190. The van der Waals surface area contributed by atoms with Crippen molar-refractivity contribution in [2.45, 2.75) is 19.4 Å². The summed E-state index contributed by atoms with van der Waals surface area (Å²) < 4.78 is 19.2. The number of nitrogens with zero attached hydrogens (tertiary/aromatic N) is 2. The molecule has 0 radical (unpaired) electrons. The monoisotopic (exact) mass is 379 g/mol. The van der Waals surface area contributed by atoms with E-state index in [0.717, 1.165) is 11.1 Å². The number of aryl methyl sites for hydroxylation is 1. The maximum absolute atomic E-state index is 14.0. The molecule has 0 spiro atoms.